The highest BCUT2D eigenvalue weighted by Crippen LogP contribution is 2.20. The molecule has 6 heteroatoms. The van der Waals surface area contributed by atoms with Crippen molar-refractivity contribution < 1.29 is 4.74 Å². The van der Waals surface area contributed by atoms with Crippen molar-refractivity contribution in [2.75, 3.05) is 7.11 Å². The Morgan fingerprint density at radius 3 is 2.70 bits per heavy atom. The number of para-hydroxylation sites is 1. The summed E-state index contributed by atoms with van der Waals surface area (Å²) in [4.78, 5) is 13.0. The molecule has 0 atom stereocenters. The van der Waals surface area contributed by atoms with Crippen molar-refractivity contribution in [1.82, 2.24) is 19.2 Å². The first kappa shape index (κ1) is 13.5. The summed E-state index contributed by atoms with van der Waals surface area (Å²) >= 11 is 0. The molecule has 23 heavy (non-hydrogen) atoms. The number of methoxy groups -OCH3 is 1. The standard InChI is InChI=1S/C17H14N4O2/c1-11-18-19-17-20(11)15-9-4-3-8-14(15)16(22)21(17)12-6-5-7-13(10-12)23-2/h3-10H,1-2H3. The van der Waals surface area contributed by atoms with E-state index in [2.05, 4.69) is 10.2 Å². The predicted octanol–water partition coefficient (Wildman–Crippen LogP) is 2.35. The molecule has 2 aromatic heterocycles. The van der Waals surface area contributed by atoms with Gasteiger partial charge in [-0.25, -0.2) is 4.57 Å². The van der Waals surface area contributed by atoms with Crippen LogP contribution in [-0.2, 0) is 0 Å². The lowest BCUT2D eigenvalue weighted by atomic mass is 10.2. The molecule has 114 valence electrons. The fourth-order valence-electron chi connectivity index (χ4n) is 2.82. The predicted molar refractivity (Wildman–Crippen MR) is 87.4 cm³/mol. The smallest absolute Gasteiger partial charge is 0.267 e. The molecule has 0 bridgehead atoms. The Kier molecular flexibility index (Phi) is 2.90. The zero-order valence-corrected chi connectivity index (χ0v) is 12.7. The van der Waals surface area contributed by atoms with Crippen molar-refractivity contribution in [3.63, 3.8) is 0 Å². The molecule has 0 aliphatic rings. The molecule has 0 saturated carbocycles. The third-order valence-corrected chi connectivity index (χ3v) is 3.90. The van der Waals surface area contributed by atoms with E-state index in [1.54, 1.807) is 17.7 Å². The van der Waals surface area contributed by atoms with Gasteiger partial charge in [0.2, 0.25) is 5.78 Å². The van der Waals surface area contributed by atoms with Crippen LogP contribution in [0.15, 0.2) is 53.3 Å². The van der Waals surface area contributed by atoms with E-state index >= 15 is 0 Å². The van der Waals surface area contributed by atoms with Gasteiger partial charge in [-0.1, -0.05) is 18.2 Å². The second-order valence-electron chi connectivity index (χ2n) is 5.24. The minimum absolute atomic E-state index is 0.131. The normalized spacial score (nSPS) is 11.2. The van der Waals surface area contributed by atoms with Crippen molar-refractivity contribution >= 4 is 16.7 Å². The monoisotopic (exact) mass is 306 g/mol. The molecule has 0 amide bonds. The molecular formula is C17H14N4O2. The Morgan fingerprint density at radius 2 is 1.87 bits per heavy atom. The van der Waals surface area contributed by atoms with Gasteiger partial charge in [0.25, 0.3) is 5.56 Å². The molecule has 0 radical (unpaired) electrons. The van der Waals surface area contributed by atoms with Crippen molar-refractivity contribution in [2.45, 2.75) is 6.92 Å². The van der Waals surface area contributed by atoms with Gasteiger partial charge in [0.05, 0.1) is 23.7 Å². The molecular weight excluding hydrogens is 292 g/mol. The molecule has 0 fully saturated rings. The number of ether oxygens (including phenoxy) is 1. The second-order valence-corrected chi connectivity index (χ2v) is 5.24. The lowest BCUT2D eigenvalue weighted by molar-refractivity contribution is 0.414. The van der Waals surface area contributed by atoms with Crippen LogP contribution in [0.5, 0.6) is 5.75 Å². The van der Waals surface area contributed by atoms with Crippen LogP contribution < -0.4 is 10.3 Å². The van der Waals surface area contributed by atoms with Gasteiger partial charge in [0, 0.05) is 6.07 Å². The maximum Gasteiger partial charge on any atom is 0.267 e. The van der Waals surface area contributed by atoms with E-state index in [1.165, 1.54) is 0 Å². The maximum atomic E-state index is 13.0. The van der Waals surface area contributed by atoms with Gasteiger partial charge in [0.15, 0.2) is 0 Å². The molecule has 4 rings (SSSR count). The quantitative estimate of drug-likeness (QED) is 0.570. The van der Waals surface area contributed by atoms with Crippen LogP contribution >= 0.6 is 0 Å². The average molecular weight is 306 g/mol. The van der Waals surface area contributed by atoms with E-state index in [1.807, 2.05) is 53.8 Å². The van der Waals surface area contributed by atoms with E-state index in [4.69, 9.17) is 4.74 Å². The Balaban J connectivity index is 2.21. The Bertz CT molecular complexity index is 1090. The van der Waals surface area contributed by atoms with Gasteiger partial charge >= 0.3 is 0 Å². The first-order valence-electron chi connectivity index (χ1n) is 7.20. The molecule has 2 heterocycles. The number of aromatic nitrogens is 4. The van der Waals surface area contributed by atoms with Crippen LogP contribution in [0.3, 0.4) is 0 Å². The summed E-state index contributed by atoms with van der Waals surface area (Å²) < 4.78 is 8.71. The third-order valence-electron chi connectivity index (χ3n) is 3.90. The van der Waals surface area contributed by atoms with E-state index in [-0.39, 0.29) is 5.56 Å². The van der Waals surface area contributed by atoms with E-state index in [0.717, 1.165) is 11.3 Å². The van der Waals surface area contributed by atoms with E-state index in [9.17, 15) is 4.79 Å². The molecule has 4 aromatic rings. The molecule has 0 aliphatic heterocycles. The van der Waals surface area contributed by atoms with Gasteiger partial charge in [-0.3, -0.25) is 9.20 Å². The average Bonchev–Trinajstić information content (AvgIpc) is 2.97. The van der Waals surface area contributed by atoms with Gasteiger partial charge in [-0.15, -0.1) is 10.2 Å². The lowest BCUT2D eigenvalue weighted by Gasteiger charge is -2.11. The number of aryl methyl sites for hydroxylation is 1. The number of hydrogen-bond acceptors (Lipinski definition) is 4. The first-order valence-corrected chi connectivity index (χ1v) is 7.20. The van der Waals surface area contributed by atoms with Crippen molar-refractivity contribution in [1.29, 1.82) is 0 Å². The van der Waals surface area contributed by atoms with Gasteiger partial charge in [-0.2, -0.15) is 0 Å². The van der Waals surface area contributed by atoms with Crippen molar-refractivity contribution in [2.24, 2.45) is 0 Å². The van der Waals surface area contributed by atoms with Crippen molar-refractivity contribution in [3.8, 4) is 11.4 Å². The number of benzene rings is 2. The Morgan fingerprint density at radius 1 is 1.04 bits per heavy atom. The summed E-state index contributed by atoms with van der Waals surface area (Å²) in [6.07, 6.45) is 0. The largest absolute Gasteiger partial charge is 0.497 e. The summed E-state index contributed by atoms with van der Waals surface area (Å²) in [6.45, 7) is 1.87. The molecule has 2 aromatic carbocycles. The molecule has 0 spiro atoms. The molecule has 0 unspecified atom stereocenters. The second kappa shape index (κ2) is 4.95. The Hall–Kier alpha value is -3.15. The minimum atomic E-state index is -0.131. The summed E-state index contributed by atoms with van der Waals surface area (Å²) in [6, 6.07) is 14.8. The third kappa shape index (κ3) is 1.92. The molecule has 0 aliphatic carbocycles. The van der Waals surface area contributed by atoms with Crippen LogP contribution in [0, 0.1) is 6.92 Å². The van der Waals surface area contributed by atoms with E-state index in [0.29, 0.717) is 22.6 Å². The molecule has 0 N–H and O–H groups in total. The van der Waals surface area contributed by atoms with Crippen LogP contribution in [0.2, 0.25) is 0 Å². The van der Waals surface area contributed by atoms with Gasteiger partial charge in [-0.05, 0) is 31.2 Å². The number of fused-ring (bicyclic) bond motifs is 3. The topological polar surface area (TPSA) is 61.4 Å². The SMILES string of the molecule is COc1cccc(-n2c(=O)c3ccccc3n3c(C)nnc23)c1. The van der Waals surface area contributed by atoms with E-state index < -0.39 is 0 Å². The maximum absolute atomic E-state index is 13.0. The highest BCUT2D eigenvalue weighted by Gasteiger charge is 2.15. The number of rotatable bonds is 2. The van der Waals surface area contributed by atoms with Crippen LogP contribution in [0.4, 0.5) is 0 Å². The summed E-state index contributed by atoms with van der Waals surface area (Å²) in [5.41, 5.74) is 1.36. The molecule has 6 nitrogen and oxygen atoms in total. The van der Waals surface area contributed by atoms with Crippen LogP contribution in [0.1, 0.15) is 5.82 Å². The Labute approximate surface area is 131 Å². The zero-order valence-electron chi connectivity index (χ0n) is 12.7. The van der Waals surface area contributed by atoms with Crippen LogP contribution in [-0.4, -0.2) is 26.3 Å². The van der Waals surface area contributed by atoms with Gasteiger partial charge < -0.3 is 4.74 Å². The highest BCUT2D eigenvalue weighted by atomic mass is 16.5. The summed E-state index contributed by atoms with van der Waals surface area (Å²) in [7, 11) is 1.60. The lowest BCUT2D eigenvalue weighted by Crippen LogP contribution is -2.21. The highest BCUT2D eigenvalue weighted by molar-refractivity contribution is 5.81. The van der Waals surface area contributed by atoms with Gasteiger partial charge in [0.1, 0.15) is 11.6 Å². The zero-order chi connectivity index (χ0) is 16.0. The summed E-state index contributed by atoms with van der Waals surface area (Å²) in [5.74, 6) is 1.89. The summed E-state index contributed by atoms with van der Waals surface area (Å²) in [5, 5.41) is 8.95. The van der Waals surface area contributed by atoms with Crippen molar-refractivity contribution in [3.05, 3.63) is 64.7 Å². The fraction of sp³-hybridized carbons (Fsp3) is 0.118. The number of hydrogen-bond donors (Lipinski definition) is 0. The molecule has 0 saturated heterocycles. The first-order chi connectivity index (χ1) is 11.2. The fourth-order valence-corrected chi connectivity index (χ4v) is 2.82. The van der Waals surface area contributed by atoms with Crippen LogP contribution in [0.25, 0.3) is 22.4 Å². The minimum Gasteiger partial charge on any atom is -0.497 e. The number of nitrogens with zero attached hydrogens (tertiary/aromatic N) is 4.